The standard InChI is InChI=1S/C11H9FN4O3/c12-6-2-1-3-7(4-6)16-9(18)5-8(17)10(15-16)11(19)14-13/h1-5,17H,13H2,(H,14,19). The van der Waals surface area contributed by atoms with E-state index in [2.05, 4.69) is 5.10 Å². The van der Waals surface area contributed by atoms with E-state index in [4.69, 9.17) is 5.84 Å². The van der Waals surface area contributed by atoms with Gasteiger partial charge in [-0.25, -0.2) is 10.2 Å². The summed E-state index contributed by atoms with van der Waals surface area (Å²) in [5.74, 6) is 2.88. The third-order valence-corrected chi connectivity index (χ3v) is 2.31. The highest BCUT2D eigenvalue weighted by molar-refractivity contribution is 5.94. The number of nitrogens with two attached hydrogens (primary N) is 1. The van der Waals surface area contributed by atoms with Crippen LogP contribution in [0.3, 0.4) is 0 Å². The molecule has 0 fully saturated rings. The largest absolute Gasteiger partial charge is 0.505 e. The van der Waals surface area contributed by atoms with Crippen LogP contribution in [0.2, 0.25) is 0 Å². The number of aromatic nitrogens is 2. The highest BCUT2D eigenvalue weighted by Gasteiger charge is 2.15. The molecule has 0 radical (unpaired) electrons. The molecule has 0 bridgehead atoms. The molecular formula is C11H9FN4O3. The van der Waals surface area contributed by atoms with Crippen LogP contribution in [0, 0.1) is 5.82 Å². The lowest BCUT2D eigenvalue weighted by Crippen LogP contribution is -2.33. The summed E-state index contributed by atoms with van der Waals surface area (Å²) in [4.78, 5) is 23.0. The van der Waals surface area contributed by atoms with Crippen LogP contribution < -0.4 is 16.8 Å². The lowest BCUT2D eigenvalue weighted by Gasteiger charge is -2.07. The maximum Gasteiger partial charge on any atom is 0.289 e. The Bertz CT molecular complexity index is 699. The van der Waals surface area contributed by atoms with Gasteiger partial charge in [-0.15, -0.1) is 0 Å². The van der Waals surface area contributed by atoms with Crippen molar-refractivity contribution in [2.75, 3.05) is 0 Å². The lowest BCUT2D eigenvalue weighted by atomic mass is 10.3. The van der Waals surface area contributed by atoms with Gasteiger partial charge in [-0.2, -0.15) is 9.78 Å². The second-order valence-corrected chi connectivity index (χ2v) is 3.58. The fraction of sp³-hybridized carbons (Fsp3) is 0. The number of carbonyl (C=O) groups is 1. The van der Waals surface area contributed by atoms with Gasteiger partial charge in [-0.1, -0.05) is 6.07 Å². The summed E-state index contributed by atoms with van der Waals surface area (Å²) >= 11 is 0. The normalized spacial score (nSPS) is 10.2. The number of nitrogens with zero attached hydrogens (tertiary/aromatic N) is 2. The first-order chi connectivity index (χ1) is 9.02. The van der Waals surface area contributed by atoms with Gasteiger partial charge in [-0.05, 0) is 18.2 Å². The molecule has 7 nitrogen and oxygen atoms in total. The molecule has 0 saturated carbocycles. The first-order valence-corrected chi connectivity index (χ1v) is 5.13. The molecule has 8 heteroatoms. The summed E-state index contributed by atoms with van der Waals surface area (Å²) in [6.45, 7) is 0. The van der Waals surface area contributed by atoms with Gasteiger partial charge in [0, 0.05) is 6.07 Å². The molecule has 0 aliphatic heterocycles. The van der Waals surface area contributed by atoms with Crippen LogP contribution in [0.25, 0.3) is 5.69 Å². The van der Waals surface area contributed by atoms with Gasteiger partial charge in [0.2, 0.25) is 0 Å². The topological polar surface area (TPSA) is 110 Å². The number of hydrazine groups is 1. The zero-order chi connectivity index (χ0) is 14.0. The number of hydrogen-bond donors (Lipinski definition) is 3. The lowest BCUT2D eigenvalue weighted by molar-refractivity contribution is 0.0943. The predicted octanol–water partition coefficient (Wildman–Crippen LogP) is -0.319. The van der Waals surface area contributed by atoms with E-state index in [0.717, 1.165) is 16.8 Å². The van der Waals surface area contributed by atoms with Crippen LogP contribution >= 0.6 is 0 Å². The summed E-state index contributed by atoms with van der Waals surface area (Å²) in [6, 6.07) is 5.87. The average molecular weight is 264 g/mol. The molecule has 1 heterocycles. The first kappa shape index (κ1) is 12.7. The summed E-state index contributed by atoms with van der Waals surface area (Å²) in [6.07, 6.45) is 0. The van der Waals surface area contributed by atoms with Gasteiger partial charge >= 0.3 is 0 Å². The Kier molecular flexibility index (Phi) is 3.25. The molecule has 2 aromatic rings. The average Bonchev–Trinajstić information content (AvgIpc) is 2.38. The third-order valence-electron chi connectivity index (χ3n) is 2.31. The number of aromatic hydroxyl groups is 1. The fourth-order valence-corrected chi connectivity index (χ4v) is 1.47. The van der Waals surface area contributed by atoms with E-state index in [1.165, 1.54) is 18.2 Å². The molecule has 4 N–H and O–H groups in total. The van der Waals surface area contributed by atoms with Crippen LogP contribution in [0.4, 0.5) is 4.39 Å². The monoisotopic (exact) mass is 264 g/mol. The highest BCUT2D eigenvalue weighted by atomic mass is 19.1. The quantitative estimate of drug-likeness (QED) is 0.391. The summed E-state index contributed by atoms with van der Waals surface area (Å²) < 4.78 is 13.9. The van der Waals surface area contributed by atoms with Crippen molar-refractivity contribution in [3.05, 3.63) is 52.2 Å². The van der Waals surface area contributed by atoms with Crippen molar-refractivity contribution >= 4 is 5.91 Å². The van der Waals surface area contributed by atoms with Crippen LogP contribution in [-0.2, 0) is 0 Å². The minimum absolute atomic E-state index is 0.121. The Morgan fingerprint density at radius 2 is 2.16 bits per heavy atom. The maximum absolute atomic E-state index is 13.1. The minimum atomic E-state index is -0.873. The van der Waals surface area contributed by atoms with E-state index in [0.29, 0.717) is 0 Å². The van der Waals surface area contributed by atoms with Crippen molar-refractivity contribution in [2.24, 2.45) is 5.84 Å². The molecular weight excluding hydrogens is 255 g/mol. The minimum Gasteiger partial charge on any atom is -0.505 e. The molecule has 0 aliphatic rings. The Balaban J connectivity index is 2.64. The molecule has 2 rings (SSSR count). The Morgan fingerprint density at radius 3 is 2.79 bits per heavy atom. The van der Waals surface area contributed by atoms with E-state index < -0.39 is 28.7 Å². The number of amides is 1. The Morgan fingerprint density at radius 1 is 1.42 bits per heavy atom. The molecule has 0 saturated heterocycles. The van der Waals surface area contributed by atoms with Crippen LogP contribution in [-0.4, -0.2) is 20.8 Å². The Labute approximate surface area is 106 Å². The van der Waals surface area contributed by atoms with Crippen LogP contribution in [0.15, 0.2) is 35.1 Å². The van der Waals surface area contributed by atoms with Gasteiger partial charge in [0.1, 0.15) is 5.82 Å². The van der Waals surface area contributed by atoms with Gasteiger partial charge in [0.25, 0.3) is 11.5 Å². The molecule has 98 valence electrons. The zero-order valence-corrected chi connectivity index (χ0v) is 9.50. The molecule has 1 aromatic heterocycles. The number of hydrogen-bond acceptors (Lipinski definition) is 5. The van der Waals surface area contributed by atoms with Gasteiger partial charge < -0.3 is 5.11 Å². The number of halogens is 1. The number of nitrogens with one attached hydrogen (secondary N) is 1. The zero-order valence-electron chi connectivity index (χ0n) is 9.50. The van der Waals surface area contributed by atoms with E-state index in [-0.39, 0.29) is 5.69 Å². The predicted molar refractivity (Wildman–Crippen MR) is 63.1 cm³/mol. The smallest absolute Gasteiger partial charge is 0.289 e. The number of benzene rings is 1. The van der Waals surface area contributed by atoms with Crippen molar-refractivity contribution in [1.29, 1.82) is 0 Å². The van der Waals surface area contributed by atoms with Crippen molar-refractivity contribution in [3.8, 4) is 11.4 Å². The maximum atomic E-state index is 13.1. The van der Waals surface area contributed by atoms with Crippen LogP contribution in [0.5, 0.6) is 5.75 Å². The molecule has 0 atom stereocenters. The fourth-order valence-electron chi connectivity index (χ4n) is 1.47. The van der Waals surface area contributed by atoms with Crippen molar-refractivity contribution in [2.45, 2.75) is 0 Å². The van der Waals surface area contributed by atoms with Gasteiger partial charge in [-0.3, -0.25) is 15.0 Å². The number of nitrogen functional groups attached to an aromatic ring is 1. The van der Waals surface area contributed by atoms with Crippen molar-refractivity contribution in [3.63, 3.8) is 0 Å². The summed E-state index contributed by atoms with van der Waals surface area (Å²) in [7, 11) is 0. The summed E-state index contributed by atoms with van der Waals surface area (Å²) in [5, 5.41) is 13.1. The molecule has 0 unspecified atom stereocenters. The van der Waals surface area contributed by atoms with Gasteiger partial charge in [0.05, 0.1) is 5.69 Å². The second kappa shape index (κ2) is 4.86. The molecule has 1 aromatic carbocycles. The Hall–Kier alpha value is -2.74. The highest BCUT2D eigenvalue weighted by Crippen LogP contribution is 2.12. The van der Waals surface area contributed by atoms with Crippen molar-refractivity contribution < 1.29 is 14.3 Å². The van der Waals surface area contributed by atoms with Crippen LogP contribution in [0.1, 0.15) is 10.5 Å². The second-order valence-electron chi connectivity index (χ2n) is 3.58. The molecule has 0 spiro atoms. The van der Waals surface area contributed by atoms with E-state index >= 15 is 0 Å². The SMILES string of the molecule is NNC(=O)c1nn(-c2cccc(F)c2)c(=O)cc1O. The first-order valence-electron chi connectivity index (χ1n) is 5.13. The summed E-state index contributed by atoms with van der Waals surface area (Å²) in [5.41, 5.74) is 0.752. The number of rotatable bonds is 2. The van der Waals surface area contributed by atoms with Gasteiger partial charge in [0.15, 0.2) is 11.4 Å². The van der Waals surface area contributed by atoms with E-state index in [1.54, 1.807) is 5.43 Å². The molecule has 19 heavy (non-hydrogen) atoms. The van der Waals surface area contributed by atoms with Crippen molar-refractivity contribution in [1.82, 2.24) is 15.2 Å². The van der Waals surface area contributed by atoms with E-state index in [1.807, 2.05) is 0 Å². The molecule has 0 aliphatic carbocycles. The number of carbonyl (C=O) groups excluding carboxylic acids is 1. The molecule has 1 amide bonds. The van der Waals surface area contributed by atoms with E-state index in [9.17, 15) is 19.1 Å². The third kappa shape index (κ3) is 2.43.